The van der Waals surface area contributed by atoms with Crippen molar-refractivity contribution in [2.45, 2.75) is 12.6 Å². The number of fused-ring (bicyclic) bond motifs is 2. The molecule has 12 heteroatoms. The Hall–Kier alpha value is -5.06. The molecule has 0 atom stereocenters. The predicted octanol–water partition coefficient (Wildman–Crippen LogP) is 7.49. The lowest BCUT2D eigenvalue weighted by molar-refractivity contribution is 0.0645. The maximum absolute atomic E-state index is 14.7. The van der Waals surface area contributed by atoms with Crippen molar-refractivity contribution in [1.29, 1.82) is 0 Å². The van der Waals surface area contributed by atoms with Gasteiger partial charge in [0.05, 0.1) is 23.7 Å². The van der Waals surface area contributed by atoms with E-state index in [1.165, 1.54) is 26.4 Å². The van der Waals surface area contributed by atoms with E-state index in [1.807, 2.05) is 66.7 Å². The molecule has 10 nitrogen and oxygen atoms in total. The Labute approximate surface area is 301 Å². The Morgan fingerprint density at radius 3 is 2.12 bits per heavy atom. The number of halogens is 1. The highest BCUT2D eigenvalue weighted by atomic mass is 31.2. The van der Waals surface area contributed by atoms with Gasteiger partial charge in [0, 0.05) is 70.1 Å². The minimum atomic E-state index is -3.16. The normalized spacial score (nSPS) is 14.0. The fourth-order valence-corrected chi connectivity index (χ4v) is 7.86. The molecule has 1 amide bonds. The van der Waals surface area contributed by atoms with Crippen LogP contribution < -0.4 is 4.74 Å². The molecule has 52 heavy (non-hydrogen) atoms. The van der Waals surface area contributed by atoms with Crippen LogP contribution in [0.5, 0.6) is 11.6 Å². The van der Waals surface area contributed by atoms with Crippen molar-refractivity contribution in [3.05, 3.63) is 138 Å². The Bertz CT molecular complexity index is 2180. The minimum absolute atomic E-state index is 0.0960. The van der Waals surface area contributed by atoms with Crippen molar-refractivity contribution in [2.75, 3.05) is 53.1 Å². The van der Waals surface area contributed by atoms with Crippen molar-refractivity contribution < 1.29 is 32.6 Å². The topological polar surface area (TPSA) is 106 Å². The van der Waals surface area contributed by atoms with Gasteiger partial charge in [-0.2, -0.15) is 0 Å². The second-order valence-corrected chi connectivity index (χ2v) is 15.2. The number of aromatic hydroxyl groups is 1. The molecule has 1 fully saturated rings. The SMILES string of the molecule is COP(=O)(CCN1CCN(C(=O)c2c3cccnc3c(OC(c3ccccc3)c3ccccc3)c3c(O)n(Cc4ccc(F)cc4)cc23)CC1)OC. The van der Waals surface area contributed by atoms with E-state index in [4.69, 9.17) is 18.8 Å². The number of hydrogen-bond donors (Lipinski definition) is 1. The predicted molar refractivity (Wildman–Crippen MR) is 199 cm³/mol. The average molecular weight is 723 g/mol. The third-order valence-electron chi connectivity index (χ3n) is 9.66. The van der Waals surface area contributed by atoms with Gasteiger partial charge in [0.1, 0.15) is 17.4 Å². The van der Waals surface area contributed by atoms with Crippen molar-refractivity contribution in [3.8, 4) is 11.6 Å². The molecule has 0 bridgehead atoms. The van der Waals surface area contributed by atoms with Gasteiger partial charge in [-0.1, -0.05) is 78.9 Å². The highest BCUT2D eigenvalue weighted by Crippen LogP contribution is 2.47. The van der Waals surface area contributed by atoms with E-state index in [2.05, 4.69) is 4.90 Å². The summed E-state index contributed by atoms with van der Waals surface area (Å²) in [7, 11) is -0.395. The van der Waals surface area contributed by atoms with E-state index in [0.29, 0.717) is 65.7 Å². The van der Waals surface area contributed by atoms with E-state index in [9.17, 15) is 18.9 Å². The van der Waals surface area contributed by atoms with Gasteiger partial charge in [-0.05, 0) is 34.9 Å². The third-order valence-corrected chi connectivity index (χ3v) is 11.5. The number of piperazine rings is 1. The molecule has 1 N–H and O–H groups in total. The van der Waals surface area contributed by atoms with E-state index < -0.39 is 13.7 Å². The van der Waals surface area contributed by atoms with Gasteiger partial charge < -0.3 is 28.4 Å². The van der Waals surface area contributed by atoms with E-state index in [0.717, 1.165) is 16.7 Å². The monoisotopic (exact) mass is 722 g/mol. The smallest absolute Gasteiger partial charge is 0.331 e. The Balaban J connectivity index is 1.33. The summed E-state index contributed by atoms with van der Waals surface area (Å²) < 4.78 is 45.3. The second-order valence-electron chi connectivity index (χ2n) is 12.8. The number of nitrogens with zero attached hydrogens (tertiary/aromatic N) is 4. The average Bonchev–Trinajstić information content (AvgIpc) is 3.51. The number of aromatic nitrogens is 2. The number of carbonyl (C=O) groups excluding carboxylic acids is 1. The summed E-state index contributed by atoms with van der Waals surface area (Å²) in [5.74, 6) is -0.303. The number of pyridine rings is 1. The first-order valence-corrected chi connectivity index (χ1v) is 18.9. The van der Waals surface area contributed by atoms with E-state index in [-0.39, 0.29) is 30.3 Å². The molecule has 1 aliphatic heterocycles. The first-order valence-electron chi connectivity index (χ1n) is 17.1. The molecule has 0 radical (unpaired) electrons. The summed E-state index contributed by atoms with van der Waals surface area (Å²) in [4.78, 5) is 23.4. The molecule has 1 aliphatic rings. The maximum atomic E-state index is 14.7. The standard InChI is InChI=1S/C40H40FN4O6P/c1-49-52(48,50-2)25-24-43-20-22-44(23-21-43)39(46)34-32-14-9-19-42-36(32)38(51-37(29-10-5-3-6-11-29)30-12-7-4-8-13-30)35-33(34)27-45(40(35)47)26-28-15-17-31(41)18-16-28/h3-19,27,37,47H,20-26H2,1-2H3. The Morgan fingerprint density at radius 2 is 1.50 bits per heavy atom. The second kappa shape index (κ2) is 15.3. The highest BCUT2D eigenvalue weighted by molar-refractivity contribution is 7.53. The molecule has 7 rings (SSSR count). The molecule has 0 saturated carbocycles. The van der Waals surface area contributed by atoms with Gasteiger partial charge in [0.15, 0.2) is 5.75 Å². The number of benzene rings is 4. The van der Waals surface area contributed by atoms with Gasteiger partial charge in [0.2, 0.25) is 5.88 Å². The molecule has 0 aliphatic carbocycles. The van der Waals surface area contributed by atoms with Gasteiger partial charge in [0.25, 0.3) is 5.91 Å². The van der Waals surface area contributed by atoms with Crippen LogP contribution in [0.15, 0.2) is 109 Å². The molecule has 4 aromatic carbocycles. The van der Waals surface area contributed by atoms with Crippen molar-refractivity contribution in [2.24, 2.45) is 0 Å². The summed E-state index contributed by atoms with van der Waals surface area (Å²) in [6.45, 7) is 2.77. The zero-order chi connectivity index (χ0) is 36.2. The number of hydrogen-bond acceptors (Lipinski definition) is 8. The first kappa shape index (κ1) is 35.3. The van der Waals surface area contributed by atoms with E-state index >= 15 is 0 Å². The van der Waals surface area contributed by atoms with Crippen LogP contribution in [-0.4, -0.2) is 83.5 Å². The van der Waals surface area contributed by atoms with Crippen LogP contribution in [0.1, 0.15) is 33.2 Å². The van der Waals surface area contributed by atoms with Gasteiger partial charge in [-0.3, -0.25) is 19.2 Å². The molecular weight excluding hydrogens is 682 g/mol. The van der Waals surface area contributed by atoms with Crippen LogP contribution in [0.4, 0.5) is 4.39 Å². The molecule has 1 saturated heterocycles. The fourth-order valence-electron chi connectivity index (χ4n) is 6.82. The zero-order valence-electron chi connectivity index (χ0n) is 29.0. The van der Waals surface area contributed by atoms with Crippen molar-refractivity contribution in [1.82, 2.24) is 19.4 Å². The summed E-state index contributed by atoms with van der Waals surface area (Å²) in [6, 6.07) is 29.4. The fraction of sp³-hybridized carbons (Fsp3) is 0.250. The van der Waals surface area contributed by atoms with Crippen LogP contribution in [-0.2, 0) is 20.2 Å². The lowest BCUT2D eigenvalue weighted by atomic mass is 9.98. The van der Waals surface area contributed by atoms with Crippen LogP contribution >= 0.6 is 7.60 Å². The number of rotatable bonds is 12. The number of ether oxygens (including phenoxy) is 1. The molecule has 0 unspecified atom stereocenters. The molecule has 3 heterocycles. The highest BCUT2D eigenvalue weighted by Gasteiger charge is 2.32. The quantitative estimate of drug-likeness (QED) is 0.130. The molecule has 0 spiro atoms. The van der Waals surface area contributed by atoms with Gasteiger partial charge in [-0.15, -0.1) is 0 Å². The summed E-state index contributed by atoms with van der Waals surface area (Å²) in [5.41, 5.74) is 3.43. The van der Waals surface area contributed by atoms with Crippen LogP contribution in [0.2, 0.25) is 0 Å². The lowest BCUT2D eigenvalue weighted by Crippen LogP contribution is -2.49. The van der Waals surface area contributed by atoms with Crippen LogP contribution in [0.25, 0.3) is 21.7 Å². The van der Waals surface area contributed by atoms with Crippen LogP contribution in [0.3, 0.4) is 0 Å². The largest absolute Gasteiger partial charge is 0.494 e. The molecule has 6 aromatic rings. The van der Waals surface area contributed by atoms with E-state index in [1.54, 1.807) is 40.1 Å². The third kappa shape index (κ3) is 7.18. The first-order chi connectivity index (χ1) is 25.3. The summed E-state index contributed by atoms with van der Waals surface area (Å²) in [6.07, 6.45) is 3.11. The Kier molecular flexibility index (Phi) is 10.4. The minimum Gasteiger partial charge on any atom is -0.494 e. The lowest BCUT2D eigenvalue weighted by Gasteiger charge is -2.35. The van der Waals surface area contributed by atoms with Gasteiger partial charge in [-0.25, -0.2) is 4.39 Å². The summed E-state index contributed by atoms with van der Waals surface area (Å²) >= 11 is 0. The van der Waals surface area contributed by atoms with Crippen molar-refractivity contribution >= 4 is 35.2 Å². The molecular formula is C40H40FN4O6P. The van der Waals surface area contributed by atoms with Crippen molar-refractivity contribution in [3.63, 3.8) is 0 Å². The van der Waals surface area contributed by atoms with Gasteiger partial charge >= 0.3 is 7.60 Å². The molecule has 268 valence electrons. The number of carbonyl (C=O) groups is 1. The number of amides is 1. The van der Waals surface area contributed by atoms with Crippen LogP contribution in [0, 0.1) is 5.82 Å². The zero-order valence-corrected chi connectivity index (χ0v) is 29.9. The Morgan fingerprint density at radius 1 is 0.865 bits per heavy atom. The maximum Gasteiger partial charge on any atom is 0.331 e. The molecule has 2 aromatic heterocycles. The summed E-state index contributed by atoms with van der Waals surface area (Å²) in [5, 5.41) is 13.5.